The molecule has 18 heavy (non-hydrogen) atoms. The summed E-state index contributed by atoms with van der Waals surface area (Å²) in [6, 6.07) is 3.62. The van der Waals surface area contributed by atoms with Gasteiger partial charge in [0.2, 0.25) is 0 Å². The number of carbonyl (C=O) groups excluding carboxylic acids is 1. The summed E-state index contributed by atoms with van der Waals surface area (Å²) in [7, 11) is 4.96. The van der Waals surface area contributed by atoms with Gasteiger partial charge < -0.3 is 14.4 Å². The van der Waals surface area contributed by atoms with Crippen LogP contribution in [0.4, 0.5) is 0 Å². The Labute approximate surface area is 112 Å². The van der Waals surface area contributed by atoms with Gasteiger partial charge in [-0.2, -0.15) is 0 Å². The summed E-state index contributed by atoms with van der Waals surface area (Å²) < 4.78 is 10.3. The Bertz CT molecular complexity index is 483. The fraction of sp³-hybridized carbons (Fsp3) is 0.385. The average molecular weight is 267 g/mol. The van der Waals surface area contributed by atoms with Gasteiger partial charge in [0, 0.05) is 19.7 Å². The van der Waals surface area contributed by atoms with Gasteiger partial charge in [-0.3, -0.25) is 0 Å². The third-order valence-corrected chi connectivity index (χ3v) is 2.92. The Hall–Kier alpha value is -1.62. The lowest BCUT2D eigenvalue weighted by Crippen LogP contribution is -2.25. The SMILES string of the molecule is COC(=O)c1cc(C)cc(OC(=S)N(C)C)c1C. The average Bonchev–Trinajstić information content (AvgIpc) is 2.32. The van der Waals surface area contributed by atoms with E-state index in [2.05, 4.69) is 0 Å². The Morgan fingerprint density at radius 2 is 1.89 bits per heavy atom. The maximum atomic E-state index is 11.6. The Balaban J connectivity index is 3.17. The fourth-order valence-electron chi connectivity index (χ4n) is 1.44. The first kappa shape index (κ1) is 14.4. The Kier molecular flexibility index (Phi) is 4.67. The predicted octanol–water partition coefficient (Wildman–Crippen LogP) is 2.32. The van der Waals surface area contributed by atoms with E-state index in [9.17, 15) is 4.79 Å². The van der Waals surface area contributed by atoms with Crippen LogP contribution >= 0.6 is 12.2 Å². The number of esters is 1. The molecule has 0 heterocycles. The monoisotopic (exact) mass is 267 g/mol. The van der Waals surface area contributed by atoms with E-state index in [0.29, 0.717) is 16.5 Å². The summed E-state index contributed by atoms with van der Waals surface area (Å²) in [6.07, 6.45) is 0. The van der Waals surface area contributed by atoms with Crippen LogP contribution < -0.4 is 4.74 Å². The lowest BCUT2D eigenvalue weighted by Gasteiger charge is -2.17. The molecule has 0 aromatic heterocycles. The van der Waals surface area contributed by atoms with Gasteiger partial charge >= 0.3 is 5.97 Å². The quantitative estimate of drug-likeness (QED) is 0.607. The highest BCUT2D eigenvalue weighted by atomic mass is 32.1. The third-order valence-electron chi connectivity index (χ3n) is 2.47. The molecule has 0 aliphatic rings. The van der Waals surface area contributed by atoms with E-state index in [0.717, 1.165) is 11.1 Å². The minimum atomic E-state index is -0.378. The lowest BCUT2D eigenvalue weighted by atomic mass is 10.0. The van der Waals surface area contributed by atoms with Crippen molar-refractivity contribution in [1.29, 1.82) is 0 Å². The van der Waals surface area contributed by atoms with Gasteiger partial charge in [0.25, 0.3) is 5.17 Å². The van der Waals surface area contributed by atoms with Gasteiger partial charge in [0.05, 0.1) is 12.7 Å². The number of rotatable bonds is 2. The summed E-state index contributed by atoms with van der Waals surface area (Å²) in [5.41, 5.74) is 2.13. The molecular formula is C13H17NO3S. The lowest BCUT2D eigenvalue weighted by molar-refractivity contribution is 0.0599. The van der Waals surface area contributed by atoms with Gasteiger partial charge in [-0.15, -0.1) is 0 Å². The van der Waals surface area contributed by atoms with Crippen molar-refractivity contribution in [3.63, 3.8) is 0 Å². The third kappa shape index (κ3) is 3.20. The van der Waals surface area contributed by atoms with Crippen LogP contribution in [0.2, 0.25) is 0 Å². The number of carbonyl (C=O) groups is 1. The van der Waals surface area contributed by atoms with E-state index >= 15 is 0 Å². The van der Waals surface area contributed by atoms with Crippen LogP contribution in [0.3, 0.4) is 0 Å². The van der Waals surface area contributed by atoms with Gasteiger partial charge in [-0.05, 0) is 43.8 Å². The zero-order valence-electron chi connectivity index (χ0n) is 11.2. The zero-order valence-corrected chi connectivity index (χ0v) is 12.1. The van der Waals surface area contributed by atoms with Crippen LogP contribution in [-0.2, 0) is 4.74 Å². The van der Waals surface area contributed by atoms with E-state index in [-0.39, 0.29) is 5.97 Å². The van der Waals surface area contributed by atoms with Crippen molar-refractivity contribution in [2.24, 2.45) is 0 Å². The van der Waals surface area contributed by atoms with Crippen molar-refractivity contribution in [2.75, 3.05) is 21.2 Å². The number of ether oxygens (including phenoxy) is 2. The molecule has 0 atom stereocenters. The topological polar surface area (TPSA) is 38.8 Å². The molecule has 0 N–H and O–H groups in total. The number of hydrogen-bond donors (Lipinski definition) is 0. The molecule has 0 spiro atoms. The number of benzene rings is 1. The second-order valence-electron chi connectivity index (χ2n) is 4.19. The summed E-state index contributed by atoms with van der Waals surface area (Å²) in [6.45, 7) is 3.69. The molecule has 0 saturated carbocycles. The van der Waals surface area contributed by atoms with Gasteiger partial charge in [0.15, 0.2) is 0 Å². The summed E-state index contributed by atoms with van der Waals surface area (Å²) >= 11 is 5.09. The number of aryl methyl sites for hydroxylation is 1. The predicted molar refractivity (Wildman–Crippen MR) is 74.2 cm³/mol. The van der Waals surface area contributed by atoms with Crippen molar-refractivity contribution >= 4 is 23.4 Å². The second-order valence-corrected chi connectivity index (χ2v) is 4.54. The molecule has 4 nitrogen and oxygen atoms in total. The van der Waals surface area contributed by atoms with Crippen molar-refractivity contribution in [3.05, 3.63) is 28.8 Å². The van der Waals surface area contributed by atoms with Crippen LogP contribution in [0.5, 0.6) is 5.75 Å². The molecule has 0 aliphatic heterocycles. The highest BCUT2D eigenvalue weighted by Crippen LogP contribution is 2.25. The molecule has 0 fully saturated rings. The van der Waals surface area contributed by atoms with E-state index in [1.165, 1.54) is 7.11 Å². The summed E-state index contributed by atoms with van der Waals surface area (Å²) in [5.74, 6) is 0.200. The maximum absolute atomic E-state index is 11.6. The number of thiocarbonyl (C=S) groups is 1. The molecule has 0 amide bonds. The molecule has 0 saturated heterocycles. The molecular weight excluding hydrogens is 250 g/mol. The van der Waals surface area contributed by atoms with E-state index in [1.54, 1.807) is 32.0 Å². The standard InChI is InChI=1S/C13H17NO3S/c1-8-6-10(12(15)16-5)9(2)11(7-8)17-13(18)14(3)4/h6-7H,1-5H3. The number of methoxy groups -OCH3 is 1. The highest BCUT2D eigenvalue weighted by Gasteiger charge is 2.15. The molecule has 5 heteroatoms. The summed E-state index contributed by atoms with van der Waals surface area (Å²) in [4.78, 5) is 13.3. The fourth-order valence-corrected chi connectivity index (χ4v) is 1.53. The van der Waals surface area contributed by atoms with Crippen LogP contribution in [-0.4, -0.2) is 37.2 Å². The molecule has 0 aliphatic carbocycles. The molecule has 0 unspecified atom stereocenters. The first-order valence-corrected chi connectivity index (χ1v) is 5.86. The molecule has 1 aromatic rings. The zero-order chi connectivity index (χ0) is 13.9. The molecule has 0 radical (unpaired) electrons. The van der Waals surface area contributed by atoms with E-state index in [1.807, 2.05) is 13.0 Å². The van der Waals surface area contributed by atoms with Crippen LogP contribution in [0.1, 0.15) is 21.5 Å². The Morgan fingerprint density at radius 1 is 1.28 bits per heavy atom. The normalized spacial score (nSPS) is 9.83. The van der Waals surface area contributed by atoms with Crippen molar-refractivity contribution in [2.45, 2.75) is 13.8 Å². The summed E-state index contributed by atoms with van der Waals surface area (Å²) in [5, 5.41) is 0.347. The van der Waals surface area contributed by atoms with Crippen molar-refractivity contribution in [1.82, 2.24) is 4.90 Å². The largest absolute Gasteiger partial charge is 0.465 e. The molecule has 0 bridgehead atoms. The number of hydrogen-bond acceptors (Lipinski definition) is 4. The van der Waals surface area contributed by atoms with Crippen molar-refractivity contribution < 1.29 is 14.3 Å². The second kappa shape index (κ2) is 5.82. The minimum absolute atomic E-state index is 0.347. The first-order chi connectivity index (χ1) is 8.36. The molecule has 1 aromatic carbocycles. The smallest absolute Gasteiger partial charge is 0.338 e. The minimum Gasteiger partial charge on any atom is -0.465 e. The molecule has 98 valence electrons. The van der Waals surface area contributed by atoms with Crippen LogP contribution in [0.25, 0.3) is 0 Å². The van der Waals surface area contributed by atoms with Gasteiger partial charge in [0.1, 0.15) is 5.75 Å². The highest BCUT2D eigenvalue weighted by molar-refractivity contribution is 7.80. The Morgan fingerprint density at radius 3 is 2.39 bits per heavy atom. The van der Waals surface area contributed by atoms with Gasteiger partial charge in [-0.25, -0.2) is 4.79 Å². The van der Waals surface area contributed by atoms with Gasteiger partial charge in [-0.1, -0.05) is 0 Å². The van der Waals surface area contributed by atoms with Crippen LogP contribution in [0.15, 0.2) is 12.1 Å². The maximum Gasteiger partial charge on any atom is 0.338 e. The van der Waals surface area contributed by atoms with Crippen LogP contribution in [0, 0.1) is 13.8 Å². The first-order valence-electron chi connectivity index (χ1n) is 5.45. The van der Waals surface area contributed by atoms with E-state index in [4.69, 9.17) is 21.7 Å². The van der Waals surface area contributed by atoms with Crippen molar-refractivity contribution in [3.8, 4) is 5.75 Å². The van der Waals surface area contributed by atoms with E-state index < -0.39 is 0 Å². The number of nitrogens with zero attached hydrogens (tertiary/aromatic N) is 1. The molecule has 1 rings (SSSR count).